The summed E-state index contributed by atoms with van der Waals surface area (Å²) in [6.45, 7) is 16.4. The van der Waals surface area contributed by atoms with Gasteiger partial charge < -0.3 is 0 Å². The summed E-state index contributed by atoms with van der Waals surface area (Å²) in [5, 5.41) is 28.6. The van der Waals surface area contributed by atoms with Crippen molar-refractivity contribution in [2.75, 3.05) is 14.1 Å². The van der Waals surface area contributed by atoms with Crippen molar-refractivity contribution < 1.29 is 19.2 Å². The number of fused-ring (bicyclic) bond motifs is 4. The average Bonchev–Trinajstić information content (AvgIpc) is 3.15. The fourth-order valence-electron chi connectivity index (χ4n) is 8.61. The van der Waals surface area contributed by atoms with Crippen LogP contribution in [0.3, 0.4) is 0 Å². The topological polar surface area (TPSA) is 131 Å². The zero-order chi connectivity index (χ0) is 34.7. The van der Waals surface area contributed by atoms with Crippen molar-refractivity contribution in [3.05, 3.63) is 105 Å². The van der Waals surface area contributed by atoms with E-state index in [1.54, 1.807) is 0 Å². The van der Waals surface area contributed by atoms with Crippen LogP contribution in [0, 0.1) is 35.8 Å². The molecular weight excluding hydrogens is 628 g/mol. The molecule has 10 rings (SSSR count). The summed E-state index contributed by atoms with van der Waals surface area (Å²) in [7, 11) is 2.75. The molecule has 0 atom stereocenters. The molecule has 0 fully saturated rings. The maximum absolute atomic E-state index is 13.4. The molecule has 50 heavy (non-hydrogen) atoms. The summed E-state index contributed by atoms with van der Waals surface area (Å²) < 4.78 is 0. The van der Waals surface area contributed by atoms with E-state index in [0.717, 1.165) is 9.80 Å². The molecule has 0 spiro atoms. The van der Waals surface area contributed by atoms with Crippen molar-refractivity contribution in [3.8, 4) is 12.1 Å². The van der Waals surface area contributed by atoms with E-state index in [-0.39, 0.29) is 44.8 Å². The first-order valence-corrected chi connectivity index (χ1v) is 15.3. The molecular formula is C40H14N6O4. The van der Waals surface area contributed by atoms with E-state index in [1.165, 1.54) is 38.4 Å². The number of hydrogen-bond acceptors (Lipinski definition) is 6. The molecule has 0 saturated heterocycles. The molecule has 0 radical (unpaired) electrons. The van der Waals surface area contributed by atoms with Crippen molar-refractivity contribution in [1.29, 1.82) is 10.5 Å². The molecule has 2 heterocycles. The van der Waals surface area contributed by atoms with Crippen LogP contribution in [0.25, 0.3) is 85.1 Å². The highest BCUT2D eigenvalue weighted by Gasteiger charge is 2.37. The lowest BCUT2D eigenvalue weighted by Gasteiger charge is -2.28. The molecule has 8 aromatic carbocycles. The van der Waals surface area contributed by atoms with Crippen LogP contribution in [0.5, 0.6) is 0 Å². The molecule has 0 saturated carbocycles. The van der Waals surface area contributed by atoms with Gasteiger partial charge in [-0.1, -0.05) is 24.3 Å². The van der Waals surface area contributed by atoms with Crippen molar-refractivity contribution in [2.24, 2.45) is 0 Å². The van der Waals surface area contributed by atoms with E-state index in [9.17, 15) is 29.7 Å². The number of nitrogens with zero attached hydrogens (tertiary/aromatic N) is 6. The van der Waals surface area contributed by atoms with Gasteiger partial charge in [-0.15, -0.1) is 0 Å². The number of carbonyl (C=O) groups is 4. The smallest absolute Gasteiger partial charge is 0.261 e. The van der Waals surface area contributed by atoms with Gasteiger partial charge in [0, 0.05) is 57.9 Å². The largest absolute Gasteiger partial charge is 0.278 e. The molecule has 0 bridgehead atoms. The molecule has 8 aromatic rings. The van der Waals surface area contributed by atoms with E-state index >= 15 is 0 Å². The van der Waals surface area contributed by atoms with Crippen LogP contribution in [0.4, 0.5) is 11.4 Å². The van der Waals surface area contributed by atoms with Crippen LogP contribution < -0.4 is 0 Å². The Morgan fingerprint density at radius 1 is 0.480 bits per heavy atom. The van der Waals surface area contributed by atoms with Gasteiger partial charge in [0.25, 0.3) is 23.6 Å². The fourth-order valence-corrected chi connectivity index (χ4v) is 8.61. The quantitative estimate of drug-likeness (QED) is 0.0714. The van der Waals surface area contributed by atoms with Gasteiger partial charge in [0.2, 0.25) is 0 Å². The second kappa shape index (κ2) is 8.62. The lowest BCUT2D eigenvalue weighted by atomic mass is 9.78. The van der Waals surface area contributed by atoms with Gasteiger partial charge in [-0.05, 0) is 78.1 Å². The van der Waals surface area contributed by atoms with Crippen LogP contribution in [-0.4, -0.2) is 47.5 Å². The lowest BCUT2D eigenvalue weighted by Crippen LogP contribution is -2.37. The molecule has 228 valence electrons. The van der Waals surface area contributed by atoms with Crippen LogP contribution in [0.15, 0.2) is 48.5 Å². The Bertz CT molecular complexity index is 2890. The van der Waals surface area contributed by atoms with E-state index in [1.807, 2.05) is 24.3 Å². The first-order chi connectivity index (χ1) is 24.2. The minimum atomic E-state index is -0.543. The highest BCUT2D eigenvalue weighted by atomic mass is 16.2. The first-order valence-electron chi connectivity index (χ1n) is 15.3. The number of carbonyl (C=O) groups excluding carboxylic acids is 4. The van der Waals surface area contributed by atoms with Gasteiger partial charge in [0.15, 0.2) is 11.4 Å². The molecule has 2 aliphatic rings. The summed E-state index contributed by atoms with van der Waals surface area (Å²) in [6.07, 6.45) is 0. The third-order valence-corrected chi connectivity index (χ3v) is 10.6. The van der Waals surface area contributed by atoms with Gasteiger partial charge in [-0.3, -0.25) is 29.0 Å². The Kier molecular flexibility index (Phi) is 4.73. The zero-order valence-electron chi connectivity index (χ0n) is 25.9. The third kappa shape index (κ3) is 2.76. The average molecular weight is 643 g/mol. The van der Waals surface area contributed by atoms with E-state index in [4.69, 9.17) is 13.1 Å². The molecule has 10 heteroatoms. The summed E-state index contributed by atoms with van der Waals surface area (Å²) in [5.41, 5.74) is 1.55. The maximum Gasteiger partial charge on any atom is 0.261 e. The standard InChI is InChI=1S/C40H14N6O4/c1-43-25-11-23-31-21(37(47)45(3)39(23)49)9-15(13-41)27-17-5-6-18-28-16(14-42)10-22-32-24(40(50)46(4)38(22)48)12-26(44-2)34(36(28)32)20-8-7-19(29(17)30(18)20)33(25)35(27)31/h5-12H,3-4H3. The van der Waals surface area contributed by atoms with E-state index in [0.29, 0.717) is 75.4 Å². The number of hydrogen-bond donors (Lipinski definition) is 0. The second-order valence-corrected chi connectivity index (χ2v) is 12.7. The van der Waals surface area contributed by atoms with E-state index in [2.05, 4.69) is 21.8 Å². The Morgan fingerprint density at radius 3 is 1.12 bits per heavy atom. The summed E-state index contributed by atoms with van der Waals surface area (Å²) in [4.78, 5) is 63.4. The highest BCUT2D eigenvalue weighted by molar-refractivity contribution is 6.48. The SMILES string of the molecule is [C-]#[N+]c1cc2c3c(cc(C#N)c4c5ccc6c7c(C#N)cc8c9c(cc([N+]#[C-])c(c%10ccc(c1c34)c5c6%10)c97)C(=O)N(C)C8=O)C(=O)N(C)C2=O. The molecule has 0 N–H and O–H groups in total. The molecule has 0 aliphatic carbocycles. The first kappa shape index (κ1) is 27.5. The summed E-state index contributed by atoms with van der Waals surface area (Å²) in [5.74, 6) is -2.17. The Hall–Kier alpha value is -7.66. The van der Waals surface area contributed by atoms with Gasteiger partial charge in [0.05, 0.1) is 36.4 Å². The number of imide groups is 2. The molecule has 4 amide bonds. The van der Waals surface area contributed by atoms with Crippen LogP contribution >= 0.6 is 0 Å². The van der Waals surface area contributed by atoms with Crippen LogP contribution in [-0.2, 0) is 0 Å². The lowest BCUT2D eigenvalue weighted by molar-refractivity contribution is 0.0635. The maximum atomic E-state index is 13.4. The Balaban J connectivity index is 1.55. The minimum absolute atomic E-state index is 0.174. The number of amides is 4. The van der Waals surface area contributed by atoms with Gasteiger partial charge >= 0.3 is 0 Å². The van der Waals surface area contributed by atoms with Crippen molar-refractivity contribution in [1.82, 2.24) is 9.80 Å². The predicted molar refractivity (Wildman–Crippen MR) is 186 cm³/mol. The van der Waals surface area contributed by atoms with Gasteiger partial charge in [-0.25, -0.2) is 9.69 Å². The van der Waals surface area contributed by atoms with Crippen LogP contribution in [0.2, 0.25) is 0 Å². The normalized spacial score (nSPS) is 14.2. The van der Waals surface area contributed by atoms with Crippen LogP contribution in [0.1, 0.15) is 52.6 Å². The summed E-state index contributed by atoms with van der Waals surface area (Å²) >= 11 is 0. The molecule has 2 aliphatic heterocycles. The fraction of sp³-hybridized carbons (Fsp3) is 0.0500. The Labute approximate surface area is 280 Å². The second-order valence-electron chi connectivity index (χ2n) is 12.7. The Morgan fingerprint density at radius 2 is 0.800 bits per heavy atom. The minimum Gasteiger partial charge on any atom is -0.278 e. The van der Waals surface area contributed by atoms with Crippen molar-refractivity contribution >= 4 is 110 Å². The third-order valence-electron chi connectivity index (χ3n) is 10.6. The molecule has 0 aromatic heterocycles. The predicted octanol–water partition coefficient (Wildman–Crippen LogP) is 7.93. The van der Waals surface area contributed by atoms with E-state index < -0.39 is 23.6 Å². The molecule has 10 nitrogen and oxygen atoms in total. The highest BCUT2D eigenvalue weighted by Crippen LogP contribution is 2.54. The number of benzene rings is 8. The molecule has 0 unspecified atom stereocenters. The van der Waals surface area contributed by atoms with Gasteiger partial charge in [-0.2, -0.15) is 10.5 Å². The number of nitriles is 2. The van der Waals surface area contributed by atoms with Crippen molar-refractivity contribution in [2.45, 2.75) is 0 Å². The van der Waals surface area contributed by atoms with Crippen molar-refractivity contribution in [3.63, 3.8) is 0 Å². The van der Waals surface area contributed by atoms with Gasteiger partial charge in [0.1, 0.15) is 0 Å². The zero-order valence-corrected chi connectivity index (χ0v) is 25.9. The number of rotatable bonds is 0. The monoisotopic (exact) mass is 642 g/mol. The summed E-state index contributed by atoms with van der Waals surface area (Å²) in [6, 6.07) is 17.8.